The van der Waals surface area contributed by atoms with Gasteiger partial charge in [-0.2, -0.15) is 0 Å². The molecule has 0 bridgehead atoms. The molecule has 0 radical (unpaired) electrons. The molecule has 90 valence electrons. The molecule has 0 aromatic carbocycles. The quantitative estimate of drug-likeness (QED) is 0.741. The average Bonchev–Trinajstić information content (AvgIpc) is 2.46. The second kappa shape index (κ2) is 5.89. The number of hydrogen-bond donors (Lipinski definition) is 1. The molecule has 1 N–H and O–H groups in total. The Labute approximate surface area is 96.0 Å². The summed E-state index contributed by atoms with van der Waals surface area (Å²) in [5.41, 5.74) is 0.431. The van der Waals surface area contributed by atoms with Crippen molar-refractivity contribution in [2.45, 2.75) is 71.8 Å². The van der Waals surface area contributed by atoms with Crippen LogP contribution in [0.4, 0.5) is 0 Å². The predicted octanol–water partition coefficient (Wildman–Crippen LogP) is 3.98. The maximum atomic E-state index is 3.90. The molecule has 0 amide bonds. The summed E-state index contributed by atoms with van der Waals surface area (Å²) in [5, 5.41) is 3.90. The van der Waals surface area contributed by atoms with E-state index in [1.165, 1.54) is 45.1 Å². The second-order valence-corrected chi connectivity index (χ2v) is 5.45. The lowest BCUT2D eigenvalue weighted by molar-refractivity contribution is 0.127. The third kappa shape index (κ3) is 2.75. The Morgan fingerprint density at radius 2 is 1.73 bits per heavy atom. The molecule has 0 saturated carbocycles. The van der Waals surface area contributed by atoms with Gasteiger partial charge in [-0.05, 0) is 31.2 Å². The van der Waals surface area contributed by atoms with Gasteiger partial charge in [-0.1, -0.05) is 53.4 Å². The summed E-state index contributed by atoms with van der Waals surface area (Å²) in [6.07, 6.45) is 8.23. The summed E-state index contributed by atoms with van der Waals surface area (Å²) in [7, 11) is 0. The highest BCUT2D eigenvalue weighted by Crippen LogP contribution is 2.37. The molecule has 1 saturated heterocycles. The van der Waals surface area contributed by atoms with Gasteiger partial charge < -0.3 is 5.32 Å². The van der Waals surface area contributed by atoms with Gasteiger partial charge in [0.15, 0.2) is 0 Å². The molecule has 1 fully saturated rings. The van der Waals surface area contributed by atoms with Crippen LogP contribution in [0.25, 0.3) is 0 Å². The second-order valence-electron chi connectivity index (χ2n) is 5.45. The summed E-state index contributed by atoms with van der Waals surface area (Å²) in [5.74, 6) is 1.62. The Morgan fingerprint density at radius 1 is 1.07 bits per heavy atom. The van der Waals surface area contributed by atoms with E-state index in [1.807, 2.05) is 0 Å². The number of rotatable bonds is 4. The lowest BCUT2D eigenvalue weighted by atomic mass is 9.70. The molecule has 1 heterocycles. The van der Waals surface area contributed by atoms with Crippen LogP contribution < -0.4 is 5.32 Å². The van der Waals surface area contributed by atoms with E-state index < -0.39 is 0 Å². The summed E-state index contributed by atoms with van der Waals surface area (Å²) < 4.78 is 0. The van der Waals surface area contributed by atoms with E-state index in [-0.39, 0.29) is 0 Å². The molecule has 15 heavy (non-hydrogen) atoms. The first kappa shape index (κ1) is 13.0. The van der Waals surface area contributed by atoms with Gasteiger partial charge in [0.05, 0.1) is 0 Å². The predicted molar refractivity (Wildman–Crippen MR) is 68.1 cm³/mol. The topological polar surface area (TPSA) is 12.0 Å². The summed E-state index contributed by atoms with van der Waals surface area (Å²) in [6, 6.07) is 0. The zero-order valence-corrected chi connectivity index (χ0v) is 11.1. The molecule has 0 aromatic heterocycles. The lowest BCUT2D eigenvalue weighted by Crippen LogP contribution is -2.54. The standard InChI is InChI=1S/C14H29N/c1-5-13(6-2)14(12(3)4)10-8-7-9-11-15-14/h12-13,15H,5-11H2,1-4H3. The van der Waals surface area contributed by atoms with E-state index >= 15 is 0 Å². The van der Waals surface area contributed by atoms with Crippen molar-refractivity contribution in [2.75, 3.05) is 6.54 Å². The maximum Gasteiger partial charge on any atom is 0.0232 e. The molecule has 1 unspecified atom stereocenters. The van der Waals surface area contributed by atoms with Gasteiger partial charge in [-0.25, -0.2) is 0 Å². The zero-order chi connectivity index (χ0) is 11.3. The fourth-order valence-electron chi connectivity index (χ4n) is 3.46. The molecule has 1 atom stereocenters. The van der Waals surface area contributed by atoms with Crippen molar-refractivity contribution in [2.24, 2.45) is 11.8 Å². The van der Waals surface area contributed by atoms with Crippen LogP contribution in [0.15, 0.2) is 0 Å². The van der Waals surface area contributed by atoms with Crippen LogP contribution >= 0.6 is 0 Å². The highest BCUT2D eigenvalue weighted by atomic mass is 15.0. The van der Waals surface area contributed by atoms with Crippen LogP contribution in [-0.2, 0) is 0 Å². The van der Waals surface area contributed by atoms with E-state index in [0.29, 0.717) is 5.54 Å². The Morgan fingerprint density at radius 3 is 2.27 bits per heavy atom. The van der Waals surface area contributed by atoms with Gasteiger partial charge in [0, 0.05) is 5.54 Å². The van der Waals surface area contributed by atoms with Crippen molar-refractivity contribution in [3.63, 3.8) is 0 Å². The van der Waals surface area contributed by atoms with Crippen molar-refractivity contribution in [3.8, 4) is 0 Å². The fraction of sp³-hybridized carbons (Fsp3) is 1.00. The minimum absolute atomic E-state index is 0.431. The van der Waals surface area contributed by atoms with E-state index in [4.69, 9.17) is 0 Å². The van der Waals surface area contributed by atoms with Crippen LogP contribution in [0, 0.1) is 11.8 Å². The highest BCUT2D eigenvalue weighted by molar-refractivity contribution is 4.97. The van der Waals surface area contributed by atoms with Crippen LogP contribution in [0.5, 0.6) is 0 Å². The first-order valence-electron chi connectivity index (χ1n) is 6.92. The maximum absolute atomic E-state index is 3.90. The molecule has 0 aliphatic carbocycles. The van der Waals surface area contributed by atoms with Gasteiger partial charge in [0.25, 0.3) is 0 Å². The van der Waals surface area contributed by atoms with Crippen molar-refractivity contribution >= 4 is 0 Å². The minimum atomic E-state index is 0.431. The Balaban J connectivity index is 2.83. The molecular weight excluding hydrogens is 182 g/mol. The van der Waals surface area contributed by atoms with Crippen molar-refractivity contribution in [1.82, 2.24) is 5.32 Å². The van der Waals surface area contributed by atoms with Crippen molar-refractivity contribution in [3.05, 3.63) is 0 Å². The third-order valence-corrected chi connectivity index (χ3v) is 4.47. The van der Waals surface area contributed by atoms with Crippen molar-refractivity contribution < 1.29 is 0 Å². The minimum Gasteiger partial charge on any atom is -0.311 e. The lowest BCUT2D eigenvalue weighted by Gasteiger charge is -2.44. The Kier molecular flexibility index (Phi) is 5.11. The highest BCUT2D eigenvalue weighted by Gasteiger charge is 2.39. The molecular formula is C14H29N. The largest absolute Gasteiger partial charge is 0.311 e. The van der Waals surface area contributed by atoms with Crippen molar-refractivity contribution in [1.29, 1.82) is 0 Å². The van der Waals surface area contributed by atoms with E-state index in [1.54, 1.807) is 0 Å². The normalized spacial score (nSPS) is 28.4. The number of hydrogen-bond acceptors (Lipinski definition) is 1. The van der Waals surface area contributed by atoms with E-state index in [2.05, 4.69) is 33.0 Å². The SMILES string of the molecule is CCC(CC)C1(C(C)C)CCCCCN1. The van der Waals surface area contributed by atoms with Gasteiger partial charge in [-0.3, -0.25) is 0 Å². The molecule has 0 aromatic rings. The molecule has 1 heteroatoms. The van der Waals surface area contributed by atoms with Gasteiger partial charge in [0.2, 0.25) is 0 Å². The first-order valence-corrected chi connectivity index (χ1v) is 6.92. The third-order valence-electron chi connectivity index (χ3n) is 4.47. The van der Waals surface area contributed by atoms with Gasteiger partial charge in [-0.15, -0.1) is 0 Å². The van der Waals surface area contributed by atoms with Crippen LogP contribution in [0.3, 0.4) is 0 Å². The summed E-state index contributed by atoms with van der Waals surface area (Å²) >= 11 is 0. The van der Waals surface area contributed by atoms with Gasteiger partial charge in [0.1, 0.15) is 0 Å². The first-order chi connectivity index (χ1) is 7.17. The summed E-state index contributed by atoms with van der Waals surface area (Å²) in [6.45, 7) is 10.7. The average molecular weight is 211 g/mol. The smallest absolute Gasteiger partial charge is 0.0232 e. The van der Waals surface area contributed by atoms with Crippen LogP contribution in [-0.4, -0.2) is 12.1 Å². The van der Waals surface area contributed by atoms with Gasteiger partial charge >= 0.3 is 0 Å². The Hall–Kier alpha value is -0.0400. The zero-order valence-electron chi connectivity index (χ0n) is 11.1. The molecule has 1 aliphatic rings. The molecule has 1 aliphatic heterocycles. The number of nitrogens with one attached hydrogen (secondary N) is 1. The Bertz CT molecular complexity index is 162. The molecule has 1 rings (SSSR count). The van der Waals surface area contributed by atoms with Crippen LogP contribution in [0.1, 0.15) is 66.2 Å². The van der Waals surface area contributed by atoms with E-state index in [9.17, 15) is 0 Å². The molecule has 1 nitrogen and oxygen atoms in total. The fourth-order valence-corrected chi connectivity index (χ4v) is 3.46. The van der Waals surface area contributed by atoms with E-state index in [0.717, 1.165) is 11.8 Å². The summed E-state index contributed by atoms with van der Waals surface area (Å²) in [4.78, 5) is 0. The molecule has 0 spiro atoms. The monoisotopic (exact) mass is 211 g/mol. The van der Waals surface area contributed by atoms with Crippen LogP contribution in [0.2, 0.25) is 0 Å².